The highest BCUT2D eigenvalue weighted by atomic mass is 35.5. The molecule has 0 fully saturated rings. The van der Waals surface area contributed by atoms with Crippen LogP contribution >= 0.6 is 23.2 Å². The Kier molecular flexibility index (Phi) is 5.81. The fourth-order valence-corrected chi connectivity index (χ4v) is 2.59. The van der Waals surface area contributed by atoms with Crippen LogP contribution < -0.4 is 20.3 Å². The second kappa shape index (κ2) is 8.28. The highest BCUT2D eigenvalue weighted by molar-refractivity contribution is 6.42. The molecule has 1 aromatic heterocycles. The number of nitrogens with one attached hydrogen (secondary N) is 2. The van der Waals surface area contributed by atoms with Crippen LogP contribution in [0.15, 0.2) is 47.4 Å². The molecule has 1 heterocycles. The molecule has 0 bridgehead atoms. The molecule has 3 rings (SSSR count). The summed E-state index contributed by atoms with van der Waals surface area (Å²) >= 11 is 12.1. The van der Waals surface area contributed by atoms with Gasteiger partial charge in [0, 0.05) is 18.2 Å². The van der Waals surface area contributed by atoms with E-state index < -0.39 is 17.3 Å². The standard InChI is InChI=1S/C18H12Cl2FN3O4/c1-27-16-4-9(21)2-3-14(16)28-15-7-13(20)12(19)6-11(15)18(26)23-10-5-17(25)24-22-8-10/h2-8H,1H3,(H2,23,24,25,26). The van der Waals surface area contributed by atoms with E-state index in [1.807, 2.05) is 0 Å². The average Bonchev–Trinajstić information content (AvgIpc) is 2.65. The van der Waals surface area contributed by atoms with Gasteiger partial charge in [-0.1, -0.05) is 23.2 Å². The summed E-state index contributed by atoms with van der Waals surface area (Å²) in [6, 6.07) is 7.47. The minimum atomic E-state index is -0.623. The van der Waals surface area contributed by atoms with Gasteiger partial charge < -0.3 is 14.8 Å². The maximum Gasteiger partial charge on any atom is 0.266 e. The van der Waals surface area contributed by atoms with E-state index in [9.17, 15) is 14.0 Å². The van der Waals surface area contributed by atoms with Crippen molar-refractivity contribution in [3.63, 3.8) is 0 Å². The van der Waals surface area contributed by atoms with E-state index in [2.05, 4.69) is 15.5 Å². The lowest BCUT2D eigenvalue weighted by atomic mass is 10.1. The minimum Gasteiger partial charge on any atom is -0.493 e. The van der Waals surface area contributed by atoms with Crippen molar-refractivity contribution in [1.82, 2.24) is 10.2 Å². The third-order valence-electron chi connectivity index (χ3n) is 3.54. The molecule has 7 nitrogen and oxygen atoms in total. The Hall–Kier alpha value is -3.10. The van der Waals surface area contributed by atoms with Gasteiger partial charge in [-0.15, -0.1) is 0 Å². The SMILES string of the molecule is COc1cc(F)ccc1Oc1cc(Cl)c(Cl)cc1C(=O)Nc1cn[nH]c(=O)c1. The smallest absolute Gasteiger partial charge is 0.266 e. The molecule has 0 saturated heterocycles. The monoisotopic (exact) mass is 423 g/mol. The van der Waals surface area contributed by atoms with Gasteiger partial charge in [-0.2, -0.15) is 5.10 Å². The van der Waals surface area contributed by atoms with Crippen LogP contribution in [0.4, 0.5) is 10.1 Å². The third kappa shape index (κ3) is 4.41. The summed E-state index contributed by atoms with van der Waals surface area (Å²) in [5.74, 6) is -0.805. The number of methoxy groups -OCH3 is 1. The molecule has 10 heteroatoms. The number of carbonyl (C=O) groups excluding carboxylic acids is 1. The van der Waals surface area contributed by atoms with E-state index in [4.69, 9.17) is 32.7 Å². The van der Waals surface area contributed by atoms with Crippen LogP contribution in [0, 0.1) is 5.82 Å². The van der Waals surface area contributed by atoms with Gasteiger partial charge in [-0.3, -0.25) is 9.59 Å². The predicted octanol–water partition coefficient (Wildman–Crippen LogP) is 4.27. The molecule has 144 valence electrons. The second-order valence-electron chi connectivity index (χ2n) is 5.45. The van der Waals surface area contributed by atoms with Gasteiger partial charge in [0.2, 0.25) is 0 Å². The number of aromatic nitrogens is 2. The lowest BCUT2D eigenvalue weighted by molar-refractivity contribution is 0.102. The number of rotatable bonds is 5. The van der Waals surface area contributed by atoms with E-state index in [1.54, 1.807) is 0 Å². The zero-order chi connectivity index (χ0) is 20.3. The number of halogens is 3. The molecule has 1 amide bonds. The first kappa shape index (κ1) is 19.7. The summed E-state index contributed by atoms with van der Waals surface area (Å²) in [7, 11) is 1.35. The minimum absolute atomic E-state index is 0.0288. The molecule has 0 aliphatic rings. The second-order valence-corrected chi connectivity index (χ2v) is 6.26. The van der Waals surface area contributed by atoms with E-state index in [0.717, 1.165) is 12.1 Å². The van der Waals surface area contributed by atoms with Gasteiger partial charge in [0.25, 0.3) is 11.5 Å². The Morgan fingerprint density at radius 2 is 1.86 bits per heavy atom. The number of aromatic amines is 1. The zero-order valence-electron chi connectivity index (χ0n) is 14.3. The number of carbonyl (C=O) groups is 1. The van der Waals surface area contributed by atoms with E-state index in [-0.39, 0.29) is 38.5 Å². The molecular formula is C18H12Cl2FN3O4. The average molecular weight is 424 g/mol. The molecule has 0 radical (unpaired) electrons. The van der Waals surface area contributed by atoms with Crippen LogP contribution in [0.2, 0.25) is 10.0 Å². The lowest BCUT2D eigenvalue weighted by Gasteiger charge is -2.14. The Labute approximate surface area is 168 Å². The number of amides is 1. The number of benzene rings is 2. The van der Waals surface area contributed by atoms with Crippen LogP contribution in [-0.2, 0) is 0 Å². The van der Waals surface area contributed by atoms with Crippen LogP contribution in [0.25, 0.3) is 0 Å². The highest BCUT2D eigenvalue weighted by Gasteiger charge is 2.19. The van der Waals surface area contributed by atoms with Gasteiger partial charge in [0.05, 0.1) is 34.6 Å². The Balaban J connectivity index is 1.99. The summed E-state index contributed by atoms with van der Waals surface area (Å²) in [5, 5.41) is 8.58. The van der Waals surface area contributed by atoms with Crippen LogP contribution in [0.5, 0.6) is 17.2 Å². The molecule has 0 spiro atoms. The Bertz CT molecular complexity index is 1100. The number of nitrogens with zero attached hydrogens (tertiary/aromatic N) is 1. The third-order valence-corrected chi connectivity index (χ3v) is 4.26. The van der Waals surface area contributed by atoms with Gasteiger partial charge in [-0.25, -0.2) is 9.49 Å². The maximum atomic E-state index is 13.4. The van der Waals surface area contributed by atoms with Crippen molar-refractivity contribution < 1.29 is 18.7 Å². The molecule has 3 aromatic rings. The topological polar surface area (TPSA) is 93.3 Å². The van der Waals surface area contributed by atoms with Gasteiger partial charge in [-0.05, 0) is 18.2 Å². The molecule has 28 heavy (non-hydrogen) atoms. The van der Waals surface area contributed by atoms with Crippen LogP contribution in [0.1, 0.15) is 10.4 Å². The molecule has 0 aliphatic heterocycles. The van der Waals surface area contributed by atoms with Crippen molar-refractivity contribution in [2.75, 3.05) is 12.4 Å². The van der Waals surface area contributed by atoms with Gasteiger partial charge >= 0.3 is 0 Å². The number of hydrogen-bond acceptors (Lipinski definition) is 5. The molecule has 2 N–H and O–H groups in total. The van der Waals surface area contributed by atoms with Crippen molar-refractivity contribution in [3.05, 3.63) is 74.4 Å². The summed E-state index contributed by atoms with van der Waals surface area (Å²) in [6.45, 7) is 0. The summed E-state index contributed by atoms with van der Waals surface area (Å²) in [6.07, 6.45) is 1.26. The van der Waals surface area contributed by atoms with E-state index in [0.29, 0.717) is 0 Å². The maximum absolute atomic E-state index is 13.4. The molecule has 0 atom stereocenters. The van der Waals surface area contributed by atoms with Crippen molar-refractivity contribution in [1.29, 1.82) is 0 Å². The summed E-state index contributed by atoms with van der Waals surface area (Å²) in [4.78, 5) is 24.0. The molecule has 2 aromatic carbocycles. The first-order valence-electron chi connectivity index (χ1n) is 7.74. The lowest BCUT2D eigenvalue weighted by Crippen LogP contribution is -2.16. The van der Waals surface area contributed by atoms with E-state index >= 15 is 0 Å². The fourth-order valence-electron chi connectivity index (χ4n) is 2.28. The number of anilines is 1. The summed E-state index contributed by atoms with van der Waals surface area (Å²) < 4.78 is 24.2. The molecule has 0 saturated carbocycles. The summed E-state index contributed by atoms with van der Waals surface area (Å²) in [5.41, 5.74) is -0.286. The number of ether oxygens (including phenoxy) is 2. The number of H-pyrrole nitrogens is 1. The predicted molar refractivity (Wildman–Crippen MR) is 102 cm³/mol. The quantitative estimate of drug-likeness (QED) is 0.638. The van der Waals surface area contributed by atoms with E-state index in [1.165, 1.54) is 37.6 Å². The van der Waals surface area contributed by atoms with Gasteiger partial charge in [0.15, 0.2) is 11.5 Å². The van der Waals surface area contributed by atoms with Crippen molar-refractivity contribution in [2.45, 2.75) is 0 Å². The highest BCUT2D eigenvalue weighted by Crippen LogP contribution is 2.37. The van der Waals surface area contributed by atoms with Gasteiger partial charge in [0.1, 0.15) is 11.6 Å². The molecule has 0 unspecified atom stereocenters. The molecular weight excluding hydrogens is 412 g/mol. The molecule has 0 aliphatic carbocycles. The first-order valence-corrected chi connectivity index (χ1v) is 8.49. The normalized spacial score (nSPS) is 10.4. The van der Waals surface area contributed by atoms with Crippen molar-refractivity contribution >= 4 is 34.8 Å². The number of hydrogen-bond donors (Lipinski definition) is 2. The van der Waals surface area contributed by atoms with Crippen molar-refractivity contribution in [3.8, 4) is 17.2 Å². The largest absolute Gasteiger partial charge is 0.493 e. The van der Waals surface area contributed by atoms with Crippen LogP contribution in [-0.4, -0.2) is 23.2 Å². The first-order chi connectivity index (χ1) is 13.4. The Morgan fingerprint density at radius 3 is 2.57 bits per heavy atom. The fraction of sp³-hybridized carbons (Fsp3) is 0.0556. The zero-order valence-corrected chi connectivity index (χ0v) is 15.8. The van der Waals surface area contributed by atoms with Crippen molar-refractivity contribution in [2.24, 2.45) is 0 Å². The Morgan fingerprint density at radius 1 is 1.11 bits per heavy atom. The van der Waals surface area contributed by atoms with Crippen LogP contribution in [0.3, 0.4) is 0 Å².